The molecule has 3 heterocycles. The summed E-state index contributed by atoms with van der Waals surface area (Å²) in [5.74, 6) is -0.245. The fraction of sp³-hybridized carbons (Fsp3) is 0.462. The smallest absolute Gasteiger partial charge is 0.263 e. The van der Waals surface area contributed by atoms with E-state index < -0.39 is 9.84 Å². The van der Waals surface area contributed by atoms with Gasteiger partial charge in [-0.25, -0.2) is 8.42 Å². The predicted molar refractivity (Wildman–Crippen MR) is 85.8 cm³/mol. The zero-order valence-corrected chi connectivity index (χ0v) is 13.8. The van der Waals surface area contributed by atoms with Crippen LogP contribution in [-0.2, 0) is 9.84 Å². The minimum Gasteiger partial charge on any atom is -0.397 e. The highest BCUT2D eigenvalue weighted by molar-refractivity contribution is 7.91. The quantitative estimate of drug-likeness (QED) is 0.836. The maximum absolute atomic E-state index is 12.4. The van der Waals surface area contributed by atoms with Crippen molar-refractivity contribution < 1.29 is 13.2 Å². The van der Waals surface area contributed by atoms with Crippen LogP contribution in [0.15, 0.2) is 0 Å². The first-order valence-corrected chi connectivity index (χ1v) is 9.45. The van der Waals surface area contributed by atoms with Gasteiger partial charge in [-0.15, -0.1) is 16.4 Å². The molecule has 0 saturated carbocycles. The fourth-order valence-corrected chi connectivity index (χ4v) is 5.25. The SMILES string of the molecule is Cc1nnc2sc(C(=O)NC3CCS(=O)(=O)C3)c(N)c2c1C. The summed E-state index contributed by atoms with van der Waals surface area (Å²) in [7, 11) is -3.04. The Balaban J connectivity index is 1.92. The summed E-state index contributed by atoms with van der Waals surface area (Å²) < 4.78 is 22.9. The van der Waals surface area contributed by atoms with Crippen molar-refractivity contribution >= 4 is 43.0 Å². The Hall–Kier alpha value is -1.74. The zero-order valence-electron chi connectivity index (χ0n) is 12.2. The topological polar surface area (TPSA) is 115 Å². The van der Waals surface area contributed by atoms with Crippen molar-refractivity contribution in [3.63, 3.8) is 0 Å². The van der Waals surface area contributed by atoms with E-state index in [9.17, 15) is 13.2 Å². The third kappa shape index (κ3) is 2.54. The average Bonchev–Trinajstić information content (AvgIpc) is 2.95. The molecule has 118 valence electrons. The monoisotopic (exact) mass is 340 g/mol. The summed E-state index contributed by atoms with van der Waals surface area (Å²) >= 11 is 1.18. The maximum Gasteiger partial charge on any atom is 0.263 e. The molecule has 22 heavy (non-hydrogen) atoms. The summed E-state index contributed by atoms with van der Waals surface area (Å²) in [5, 5.41) is 11.6. The first-order valence-electron chi connectivity index (χ1n) is 6.81. The lowest BCUT2D eigenvalue weighted by Crippen LogP contribution is -2.35. The van der Waals surface area contributed by atoms with Gasteiger partial charge in [0.15, 0.2) is 9.84 Å². The van der Waals surface area contributed by atoms with Crippen LogP contribution in [0.4, 0.5) is 5.69 Å². The molecule has 1 atom stereocenters. The van der Waals surface area contributed by atoms with E-state index in [1.807, 2.05) is 13.8 Å². The van der Waals surface area contributed by atoms with E-state index in [0.29, 0.717) is 21.8 Å². The van der Waals surface area contributed by atoms with Crippen molar-refractivity contribution in [2.75, 3.05) is 17.2 Å². The van der Waals surface area contributed by atoms with Crippen LogP contribution in [0.5, 0.6) is 0 Å². The molecular formula is C13H16N4O3S2. The van der Waals surface area contributed by atoms with Gasteiger partial charge in [-0.1, -0.05) is 0 Å². The van der Waals surface area contributed by atoms with Crippen molar-refractivity contribution in [1.29, 1.82) is 0 Å². The lowest BCUT2D eigenvalue weighted by molar-refractivity contribution is 0.0946. The molecule has 0 aromatic carbocycles. The molecule has 3 rings (SSSR count). The van der Waals surface area contributed by atoms with Gasteiger partial charge in [0.25, 0.3) is 5.91 Å². The number of nitrogen functional groups attached to an aromatic ring is 1. The largest absolute Gasteiger partial charge is 0.397 e. The van der Waals surface area contributed by atoms with E-state index in [-0.39, 0.29) is 23.5 Å². The first-order chi connectivity index (χ1) is 10.3. The van der Waals surface area contributed by atoms with Crippen molar-refractivity contribution in [3.05, 3.63) is 16.1 Å². The van der Waals surface area contributed by atoms with Crippen LogP contribution in [0.25, 0.3) is 10.2 Å². The molecular weight excluding hydrogens is 324 g/mol. The van der Waals surface area contributed by atoms with E-state index in [1.165, 1.54) is 11.3 Å². The molecule has 2 aromatic rings. The number of anilines is 1. The second-order valence-corrected chi connectivity index (χ2v) is 8.74. The van der Waals surface area contributed by atoms with Crippen LogP contribution >= 0.6 is 11.3 Å². The summed E-state index contributed by atoms with van der Waals surface area (Å²) in [6, 6.07) is -0.351. The molecule has 0 aliphatic carbocycles. The Morgan fingerprint density at radius 2 is 2.09 bits per heavy atom. The van der Waals surface area contributed by atoms with Gasteiger partial charge in [0.05, 0.1) is 22.9 Å². The van der Waals surface area contributed by atoms with Gasteiger partial charge in [0.1, 0.15) is 9.71 Å². The molecule has 1 unspecified atom stereocenters. The normalized spacial score (nSPS) is 20.4. The molecule has 0 bridgehead atoms. The van der Waals surface area contributed by atoms with Crippen molar-refractivity contribution in [2.24, 2.45) is 0 Å². The lowest BCUT2D eigenvalue weighted by Gasteiger charge is -2.10. The number of nitrogens with two attached hydrogens (primary N) is 1. The van der Waals surface area contributed by atoms with Crippen molar-refractivity contribution in [1.82, 2.24) is 15.5 Å². The number of nitrogens with zero attached hydrogens (tertiary/aromatic N) is 2. The first kappa shape index (κ1) is 15.2. The van der Waals surface area contributed by atoms with Crippen LogP contribution < -0.4 is 11.1 Å². The number of aromatic nitrogens is 2. The minimum atomic E-state index is -3.04. The highest BCUT2D eigenvalue weighted by Crippen LogP contribution is 2.34. The summed E-state index contributed by atoms with van der Waals surface area (Å²) in [6.45, 7) is 3.72. The van der Waals surface area contributed by atoms with Gasteiger partial charge >= 0.3 is 0 Å². The number of fused-ring (bicyclic) bond motifs is 1. The molecule has 3 N–H and O–H groups in total. The molecule has 1 aliphatic heterocycles. The standard InChI is InChI=1S/C13H16N4O3S2/c1-6-7(2)16-17-13-9(6)10(14)11(21-13)12(18)15-8-3-4-22(19,20)5-8/h8H,3-5,14H2,1-2H3,(H,15,18). The predicted octanol–water partition coefficient (Wildman–Crippen LogP) is 0.807. The molecule has 1 saturated heterocycles. The molecule has 7 nitrogen and oxygen atoms in total. The summed E-state index contributed by atoms with van der Waals surface area (Å²) in [6.07, 6.45) is 0.441. The van der Waals surface area contributed by atoms with E-state index in [2.05, 4.69) is 15.5 Å². The number of nitrogens with one attached hydrogen (secondary N) is 1. The van der Waals surface area contributed by atoms with Crippen LogP contribution in [0.1, 0.15) is 27.3 Å². The molecule has 1 fully saturated rings. The Bertz CT molecular complexity index is 873. The Labute approximate surface area is 131 Å². The van der Waals surface area contributed by atoms with E-state index in [4.69, 9.17) is 5.73 Å². The number of hydrogen-bond acceptors (Lipinski definition) is 7. The zero-order chi connectivity index (χ0) is 16.1. The molecule has 1 aliphatic rings. The molecule has 9 heteroatoms. The van der Waals surface area contributed by atoms with Crippen LogP contribution in [-0.4, -0.2) is 42.1 Å². The van der Waals surface area contributed by atoms with E-state index >= 15 is 0 Å². The third-order valence-electron chi connectivity index (χ3n) is 3.91. The Kier molecular flexibility index (Phi) is 3.56. The van der Waals surface area contributed by atoms with Gasteiger partial charge in [0, 0.05) is 11.4 Å². The second kappa shape index (κ2) is 5.17. The Morgan fingerprint density at radius 3 is 2.73 bits per heavy atom. The average molecular weight is 340 g/mol. The highest BCUT2D eigenvalue weighted by Gasteiger charge is 2.30. The number of carbonyl (C=O) groups is 1. The van der Waals surface area contributed by atoms with Gasteiger partial charge in [-0.3, -0.25) is 4.79 Å². The van der Waals surface area contributed by atoms with Gasteiger partial charge in [-0.05, 0) is 25.8 Å². The number of hydrogen-bond donors (Lipinski definition) is 2. The fourth-order valence-electron chi connectivity index (χ4n) is 2.57. The lowest BCUT2D eigenvalue weighted by atomic mass is 10.1. The van der Waals surface area contributed by atoms with E-state index in [0.717, 1.165) is 16.6 Å². The van der Waals surface area contributed by atoms with Gasteiger partial charge in [-0.2, -0.15) is 5.10 Å². The number of sulfone groups is 1. The number of amides is 1. The maximum atomic E-state index is 12.4. The van der Waals surface area contributed by atoms with E-state index in [1.54, 1.807) is 0 Å². The highest BCUT2D eigenvalue weighted by atomic mass is 32.2. The van der Waals surface area contributed by atoms with Crippen LogP contribution in [0.3, 0.4) is 0 Å². The summed E-state index contributed by atoms with van der Waals surface area (Å²) in [5.41, 5.74) is 8.16. The van der Waals surface area contributed by atoms with Crippen molar-refractivity contribution in [2.45, 2.75) is 26.3 Å². The third-order valence-corrected chi connectivity index (χ3v) is 6.77. The van der Waals surface area contributed by atoms with Gasteiger partial charge in [0.2, 0.25) is 0 Å². The Morgan fingerprint density at radius 1 is 1.36 bits per heavy atom. The minimum absolute atomic E-state index is 0.0124. The van der Waals surface area contributed by atoms with Crippen LogP contribution in [0, 0.1) is 13.8 Å². The number of carbonyl (C=O) groups excluding carboxylic acids is 1. The summed E-state index contributed by atoms with van der Waals surface area (Å²) in [4.78, 5) is 13.4. The number of thiophene rings is 1. The second-order valence-electron chi connectivity index (χ2n) is 5.51. The molecule has 2 aromatic heterocycles. The number of rotatable bonds is 2. The van der Waals surface area contributed by atoms with Crippen molar-refractivity contribution in [3.8, 4) is 0 Å². The number of aryl methyl sites for hydroxylation is 2. The molecule has 1 amide bonds. The molecule has 0 spiro atoms. The van der Waals surface area contributed by atoms with Crippen LogP contribution in [0.2, 0.25) is 0 Å². The molecule has 0 radical (unpaired) electrons. The van der Waals surface area contributed by atoms with Gasteiger partial charge < -0.3 is 11.1 Å².